The Bertz CT molecular complexity index is 1630. The Morgan fingerprint density at radius 3 is 1.13 bits per heavy atom. The highest BCUT2D eigenvalue weighted by Gasteiger charge is 2.20. The van der Waals surface area contributed by atoms with Gasteiger partial charge in [0, 0.05) is 47.3 Å². The lowest BCUT2D eigenvalue weighted by Gasteiger charge is -2.16. The SMILES string of the molecule is Cc1cccc(-c2nccnc2-c2ccccc2-c2ccccc2-c2nccnc2-c2cccc(C)n2)n1. The van der Waals surface area contributed by atoms with Crippen LogP contribution in [0, 0.1) is 13.8 Å². The molecule has 4 aromatic heterocycles. The molecule has 0 spiro atoms. The number of pyridine rings is 2. The number of aryl methyl sites for hydroxylation is 2. The average molecular weight is 493 g/mol. The zero-order chi connectivity index (χ0) is 25.9. The van der Waals surface area contributed by atoms with Crippen LogP contribution in [-0.2, 0) is 0 Å². The third-order valence-corrected chi connectivity index (χ3v) is 6.31. The van der Waals surface area contributed by atoms with E-state index in [1.54, 1.807) is 24.8 Å². The van der Waals surface area contributed by atoms with Gasteiger partial charge in [0.1, 0.15) is 11.4 Å². The first-order chi connectivity index (χ1) is 18.7. The van der Waals surface area contributed by atoms with Crippen LogP contribution in [-0.4, -0.2) is 29.9 Å². The molecule has 0 N–H and O–H groups in total. The van der Waals surface area contributed by atoms with Crippen molar-refractivity contribution in [1.29, 1.82) is 0 Å². The normalized spacial score (nSPS) is 10.9. The van der Waals surface area contributed by atoms with Gasteiger partial charge in [0.2, 0.25) is 0 Å². The summed E-state index contributed by atoms with van der Waals surface area (Å²) in [7, 11) is 0. The molecule has 0 atom stereocenters. The molecule has 0 bridgehead atoms. The van der Waals surface area contributed by atoms with Crippen molar-refractivity contribution < 1.29 is 0 Å². The van der Waals surface area contributed by atoms with Crippen LogP contribution in [0.25, 0.3) is 56.4 Å². The van der Waals surface area contributed by atoms with Gasteiger partial charge in [-0.15, -0.1) is 0 Å². The molecule has 6 aromatic rings. The van der Waals surface area contributed by atoms with Gasteiger partial charge < -0.3 is 0 Å². The Labute approximate surface area is 221 Å². The fourth-order valence-electron chi connectivity index (χ4n) is 4.64. The molecule has 2 aromatic carbocycles. The van der Waals surface area contributed by atoms with E-state index in [1.165, 1.54) is 0 Å². The molecule has 182 valence electrons. The van der Waals surface area contributed by atoms with E-state index in [9.17, 15) is 0 Å². The second kappa shape index (κ2) is 10.1. The molecular weight excluding hydrogens is 468 g/mol. The molecule has 0 radical (unpaired) electrons. The Morgan fingerprint density at radius 2 is 0.737 bits per heavy atom. The lowest BCUT2D eigenvalue weighted by atomic mass is 9.91. The van der Waals surface area contributed by atoms with Crippen LogP contribution in [0.1, 0.15) is 11.4 Å². The summed E-state index contributed by atoms with van der Waals surface area (Å²) in [4.78, 5) is 28.4. The maximum Gasteiger partial charge on any atom is 0.115 e. The zero-order valence-corrected chi connectivity index (χ0v) is 21.1. The lowest BCUT2D eigenvalue weighted by molar-refractivity contribution is 1.15. The van der Waals surface area contributed by atoms with Crippen LogP contribution < -0.4 is 0 Å². The maximum absolute atomic E-state index is 4.78. The Hall–Kier alpha value is -5.10. The average Bonchev–Trinajstić information content (AvgIpc) is 2.97. The highest BCUT2D eigenvalue weighted by Crippen LogP contribution is 2.40. The summed E-state index contributed by atoms with van der Waals surface area (Å²) in [6.07, 6.45) is 6.86. The highest BCUT2D eigenvalue weighted by molar-refractivity contribution is 5.94. The quantitative estimate of drug-likeness (QED) is 0.258. The van der Waals surface area contributed by atoms with Crippen LogP contribution >= 0.6 is 0 Å². The minimum absolute atomic E-state index is 0.741. The smallest absolute Gasteiger partial charge is 0.115 e. The van der Waals surface area contributed by atoms with E-state index in [-0.39, 0.29) is 0 Å². The number of nitrogens with zero attached hydrogens (tertiary/aromatic N) is 6. The largest absolute Gasteiger partial charge is 0.252 e. The molecule has 0 aliphatic carbocycles. The van der Waals surface area contributed by atoms with Gasteiger partial charge in [0.15, 0.2) is 0 Å². The molecule has 38 heavy (non-hydrogen) atoms. The van der Waals surface area contributed by atoms with Crippen LogP contribution in [0.4, 0.5) is 0 Å². The summed E-state index contributed by atoms with van der Waals surface area (Å²) in [5.41, 5.74) is 10.4. The molecule has 0 aliphatic heterocycles. The first kappa shape index (κ1) is 23.3. The van der Waals surface area contributed by atoms with Gasteiger partial charge in [-0.25, -0.2) is 0 Å². The summed E-state index contributed by atoms with van der Waals surface area (Å²) < 4.78 is 0. The van der Waals surface area contributed by atoms with Gasteiger partial charge in [0.05, 0.1) is 22.8 Å². The maximum atomic E-state index is 4.78. The number of rotatable bonds is 5. The van der Waals surface area contributed by atoms with Gasteiger partial charge >= 0.3 is 0 Å². The van der Waals surface area contributed by atoms with Crippen molar-refractivity contribution in [3.05, 3.63) is 121 Å². The topological polar surface area (TPSA) is 77.3 Å². The van der Waals surface area contributed by atoms with Crippen molar-refractivity contribution in [3.63, 3.8) is 0 Å². The highest BCUT2D eigenvalue weighted by atomic mass is 14.8. The first-order valence-electron chi connectivity index (χ1n) is 12.4. The van der Waals surface area contributed by atoms with E-state index in [0.29, 0.717) is 0 Å². The standard InChI is InChI=1S/C32H24N6/c1-21-9-7-15-27(37-21)31-29(33-17-19-35-31)25-13-5-3-11-23(25)24-12-4-6-14-26(24)30-32(36-20-18-34-30)28-16-8-10-22(2)38-28/h3-20H,1-2H3. The molecule has 0 amide bonds. The third kappa shape index (κ3) is 4.44. The number of hydrogen-bond acceptors (Lipinski definition) is 6. The molecule has 0 saturated carbocycles. The number of aromatic nitrogens is 6. The van der Waals surface area contributed by atoms with E-state index in [2.05, 4.69) is 34.2 Å². The summed E-state index contributed by atoms with van der Waals surface area (Å²) in [6, 6.07) is 28.4. The van der Waals surface area contributed by atoms with Crippen LogP contribution in [0.3, 0.4) is 0 Å². The molecule has 0 aliphatic rings. The summed E-state index contributed by atoms with van der Waals surface area (Å²) in [5, 5.41) is 0. The molecule has 6 nitrogen and oxygen atoms in total. The summed E-state index contributed by atoms with van der Waals surface area (Å²) >= 11 is 0. The zero-order valence-electron chi connectivity index (χ0n) is 21.1. The monoisotopic (exact) mass is 492 g/mol. The van der Waals surface area contributed by atoms with Crippen molar-refractivity contribution in [3.8, 4) is 56.4 Å². The third-order valence-electron chi connectivity index (χ3n) is 6.31. The molecule has 6 heteroatoms. The molecule has 4 heterocycles. The van der Waals surface area contributed by atoms with Gasteiger partial charge in [0.25, 0.3) is 0 Å². The van der Waals surface area contributed by atoms with Crippen LogP contribution in [0.2, 0.25) is 0 Å². The van der Waals surface area contributed by atoms with Gasteiger partial charge in [-0.2, -0.15) is 0 Å². The van der Waals surface area contributed by atoms with Crippen molar-refractivity contribution in [2.24, 2.45) is 0 Å². The van der Waals surface area contributed by atoms with E-state index in [4.69, 9.17) is 19.9 Å². The van der Waals surface area contributed by atoms with Gasteiger partial charge in [-0.1, -0.05) is 60.7 Å². The van der Waals surface area contributed by atoms with Gasteiger partial charge in [-0.3, -0.25) is 29.9 Å². The van der Waals surface area contributed by atoms with Crippen LogP contribution in [0.15, 0.2) is 110 Å². The Morgan fingerprint density at radius 1 is 0.368 bits per heavy atom. The number of benzene rings is 2. The molecule has 0 unspecified atom stereocenters. The predicted octanol–water partition coefficient (Wildman–Crippen LogP) is 7.01. The van der Waals surface area contributed by atoms with E-state index in [1.807, 2.05) is 74.5 Å². The van der Waals surface area contributed by atoms with Crippen LogP contribution in [0.5, 0.6) is 0 Å². The first-order valence-corrected chi connectivity index (χ1v) is 12.4. The second-order valence-electron chi connectivity index (χ2n) is 8.93. The Balaban J connectivity index is 1.56. The fraction of sp³-hybridized carbons (Fsp3) is 0.0625. The fourth-order valence-corrected chi connectivity index (χ4v) is 4.64. The van der Waals surface area contributed by atoms with Crippen molar-refractivity contribution in [1.82, 2.24) is 29.9 Å². The molecule has 6 rings (SSSR count). The lowest BCUT2D eigenvalue weighted by Crippen LogP contribution is -1.99. The summed E-state index contributed by atoms with van der Waals surface area (Å²) in [5.74, 6) is 0. The molecule has 0 fully saturated rings. The molecule has 0 saturated heterocycles. The Kier molecular flexibility index (Phi) is 6.20. The van der Waals surface area contributed by atoms with Crippen molar-refractivity contribution >= 4 is 0 Å². The van der Waals surface area contributed by atoms with E-state index in [0.717, 1.165) is 67.8 Å². The van der Waals surface area contributed by atoms with E-state index < -0.39 is 0 Å². The summed E-state index contributed by atoms with van der Waals surface area (Å²) in [6.45, 7) is 3.95. The van der Waals surface area contributed by atoms with E-state index >= 15 is 0 Å². The molecular formula is C32H24N6. The van der Waals surface area contributed by atoms with Gasteiger partial charge in [-0.05, 0) is 49.2 Å². The second-order valence-corrected chi connectivity index (χ2v) is 8.93. The minimum atomic E-state index is 0.741. The predicted molar refractivity (Wildman–Crippen MR) is 150 cm³/mol. The van der Waals surface area contributed by atoms with Crippen molar-refractivity contribution in [2.75, 3.05) is 0 Å². The van der Waals surface area contributed by atoms with Crippen molar-refractivity contribution in [2.45, 2.75) is 13.8 Å². The minimum Gasteiger partial charge on any atom is -0.252 e. The number of hydrogen-bond donors (Lipinski definition) is 0.